The van der Waals surface area contributed by atoms with Crippen LogP contribution in [0.25, 0.3) is 0 Å². The molecule has 0 amide bonds. The molecule has 130 valence electrons. The quantitative estimate of drug-likeness (QED) is 0.772. The predicted molar refractivity (Wildman–Crippen MR) is 101 cm³/mol. The molecule has 0 radical (unpaired) electrons. The van der Waals surface area contributed by atoms with Crippen LogP contribution in [-0.2, 0) is 4.43 Å². The van der Waals surface area contributed by atoms with E-state index in [0.29, 0.717) is 23.9 Å². The number of pyridine rings is 1. The molecule has 1 aliphatic carbocycles. The second kappa shape index (κ2) is 6.56. The smallest absolute Gasteiger partial charge is 0.192 e. The van der Waals surface area contributed by atoms with Gasteiger partial charge in [0.15, 0.2) is 8.32 Å². The van der Waals surface area contributed by atoms with E-state index in [1.165, 1.54) is 5.56 Å². The van der Waals surface area contributed by atoms with Crippen molar-refractivity contribution in [1.29, 1.82) is 0 Å². The van der Waals surface area contributed by atoms with Crippen molar-refractivity contribution in [2.45, 2.75) is 77.6 Å². The third kappa shape index (κ3) is 3.97. The lowest BCUT2D eigenvalue weighted by molar-refractivity contribution is 0.0349. The van der Waals surface area contributed by atoms with Crippen molar-refractivity contribution in [2.75, 3.05) is 5.73 Å². The zero-order chi connectivity index (χ0) is 17.4. The average molecular weight is 335 g/mol. The van der Waals surface area contributed by atoms with Gasteiger partial charge in [-0.2, -0.15) is 0 Å². The highest BCUT2D eigenvalue weighted by Crippen LogP contribution is 2.45. The van der Waals surface area contributed by atoms with Gasteiger partial charge in [-0.05, 0) is 60.4 Å². The van der Waals surface area contributed by atoms with E-state index in [0.717, 1.165) is 18.5 Å². The van der Waals surface area contributed by atoms with Gasteiger partial charge in [0, 0.05) is 6.20 Å². The molecule has 0 bridgehead atoms. The summed E-state index contributed by atoms with van der Waals surface area (Å²) in [4.78, 5) is 4.12. The van der Waals surface area contributed by atoms with Crippen LogP contribution >= 0.6 is 0 Å². The Balaban J connectivity index is 2.13. The summed E-state index contributed by atoms with van der Waals surface area (Å²) >= 11 is 0. The first-order valence-electron chi connectivity index (χ1n) is 8.90. The summed E-state index contributed by atoms with van der Waals surface area (Å²) in [5, 5.41) is 0.263. The molecule has 2 N–H and O–H groups in total. The minimum atomic E-state index is -1.72. The van der Waals surface area contributed by atoms with Crippen LogP contribution in [0.15, 0.2) is 18.5 Å². The van der Waals surface area contributed by atoms with Gasteiger partial charge in [-0.3, -0.25) is 4.98 Å². The molecular weight excluding hydrogens is 300 g/mol. The Kier molecular flexibility index (Phi) is 5.26. The van der Waals surface area contributed by atoms with E-state index in [1.807, 2.05) is 6.20 Å². The maximum Gasteiger partial charge on any atom is 0.192 e. The van der Waals surface area contributed by atoms with Gasteiger partial charge in [0.25, 0.3) is 0 Å². The largest absolute Gasteiger partial charge is 0.413 e. The van der Waals surface area contributed by atoms with Crippen LogP contribution in [0.5, 0.6) is 0 Å². The molecule has 0 aliphatic heterocycles. The minimum Gasteiger partial charge on any atom is -0.413 e. The lowest BCUT2D eigenvalue weighted by atomic mass is 9.72. The first-order valence-corrected chi connectivity index (χ1v) is 11.8. The fourth-order valence-corrected chi connectivity index (χ4v) is 5.11. The zero-order valence-corrected chi connectivity index (χ0v) is 16.9. The van der Waals surface area contributed by atoms with Gasteiger partial charge in [0.05, 0.1) is 18.0 Å². The maximum absolute atomic E-state index is 6.78. The van der Waals surface area contributed by atoms with Crippen LogP contribution in [0.2, 0.25) is 18.1 Å². The van der Waals surface area contributed by atoms with Crippen molar-refractivity contribution in [1.82, 2.24) is 4.98 Å². The maximum atomic E-state index is 6.78. The molecule has 3 nitrogen and oxygen atoms in total. The Labute approximate surface area is 143 Å². The van der Waals surface area contributed by atoms with Crippen LogP contribution < -0.4 is 5.73 Å². The van der Waals surface area contributed by atoms with Crippen LogP contribution in [0, 0.1) is 11.8 Å². The Morgan fingerprint density at radius 1 is 1.17 bits per heavy atom. The molecule has 0 unspecified atom stereocenters. The van der Waals surface area contributed by atoms with E-state index in [9.17, 15) is 0 Å². The average Bonchev–Trinajstić information content (AvgIpc) is 2.42. The normalized spacial score (nSPS) is 29.5. The molecule has 1 aliphatic rings. The molecule has 1 heterocycles. The van der Waals surface area contributed by atoms with Crippen molar-refractivity contribution < 1.29 is 4.43 Å². The molecule has 1 fully saturated rings. The highest BCUT2D eigenvalue weighted by atomic mass is 28.4. The van der Waals surface area contributed by atoms with Crippen molar-refractivity contribution >= 4 is 14.0 Å². The number of aromatic nitrogens is 1. The summed E-state index contributed by atoms with van der Waals surface area (Å²) in [5.41, 5.74) is 8.25. The molecule has 1 saturated carbocycles. The summed E-state index contributed by atoms with van der Waals surface area (Å²) in [7, 11) is -1.72. The Hall–Kier alpha value is -0.873. The van der Waals surface area contributed by atoms with E-state index < -0.39 is 8.32 Å². The van der Waals surface area contributed by atoms with Crippen LogP contribution in [0.4, 0.5) is 5.69 Å². The van der Waals surface area contributed by atoms with E-state index in [1.54, 1.807) is 6.20 Å². The van der Waals surface area contributed by atoms with E-state index >= 15 is 0 Å². The second-order valence-corrected chi connectivity index (χ2v) is 13.7. The molecule has 2 rings (SSSR count). The highest BCUT2D eigenvalue weighted by Gasteiger charge is 2.43. The molecule has 4 atom stereocenters. The number of anilines is 1. The molecular formula is C19H34N2OSi. The zero-order valence-electron chi connectivity index (χ0n) is 15.9. The number of rotatable bonds is 3. The SMILES string of the molecule is C[C@@H]1C[C@H](c2ccncc2N)C[C@H](C)[C@@H]1O[Si](C)(C)C(C)(C)C. The fraction of sp³-hybridized carbons (Fsp3) is 0.737. The minimum absolute atomic E-state index is 0.263. The molecule has 0 aromatic carbocycles. The lowest BCUT2D eigenvalue weighted by Crippen LogP contribution is -2.49. The standard InChI is InChI=1S/C19H34N2OSi/c1-13-10-15(16-8-9-21-12-17(16)20)11-14(2)18(13)22-23(6,7)19(3,4)5/h8-9,12-15,18H,10-11,20H2,1-7H3/t13-,14+,15+,18-. The summed E-state index contributed by atoms with van der Waals surface area (Å²) < 4.78 is 6.78. The molecule has 1 aromatic rings. The van der Waals surface area contributed by atoms with Gasteiger partial charge in [-0.1, -0.05) is 34.6 Å². The number of nitrogen functional groups attached to an aromatic ring is 1. The van der Waals surface area contributed by atoms with Crippen LogP contribution in [-0.4, -0.2) is 19.4 Å². The highest BCUT2D eigenvalue weighted by molar-refractivity contribution is 6.74. The van der Waals surface area contributed by atoms with E-state index in [-0.39, 0.29) is 5.04 Å². The molecule has 4 heteroatoms. The van der Waals surface area contributed by atoms with Gasteiger partial charge < -0.3 is 10.2 Å². The van der Waals surface area contributed by atoms with Gasteiger partial charge in [-0.15, -0.1) is 0 Å². The Bertz CT molecular complexity index is 526. The van der Waals surface area contributed by atoms with Gasteiger partial charge in [0.1, 0.15) is 0 Å². The summed E-state index contributed by atoms with van der Waals surface area (Å²) in [6, 6.07) is 2.09. The first kappa shape index (κ1) is 18.5. The lowest BCUT2D eigenvalue weighted by Gasteiger charge is -2.46. The second-order valence-electron chi connectivity index (χ2n) is 8.97. The van der Waals surface area contributed by atoms with Gasteiger partial charge >= 0.3 is 0 Å². The van der Waals surface area contributed by atoms with Crippen molar-refractivity contribution in [3.05, 3.63) is 24.0 Å². The number of nitrogens with two attached hydrogens (primary N) is 1. The van der Waals surface area contributed by atoms with Crippen LogP contribution in [0.1, 0.15) is 58.9 Å². The molecule has 1 aromatic heterocycles. The number of nitrogens with zero attached hydrogens (tertiary/aromatic N) is 1. The number of hydrogen-bond acceptors (Lipinski definition) is 3. The van der Waals surface area contributed by atoms with Crippen LogP contribution in [0.3, 0.4) is 0 Å². The molecule has 0 saturated heterocycles. The Morgan fingerprint density at radius 3 is 2.22 bits per heavy atom. The monoisotopic (exact) mass is 334 g/mol. The topological polar surface area (TPSA) is 48.1 Å². The summed E-state index contributed by atoms with van der Waals surface area (Å²) in [6.45, 7) is 16.4. The van der Waals surface area contributed by atoms with Gasteiger partial charge in [-0.25, -0.2) is 0 Å². The first-order chi connectivity index (χ1) is 10.5. The van der Waals surface area contributed by atoms with E-state index in [2.05, 4.69) is 58.8 Å². The van der Waals surface area contributed by atoms with Gasteiger partial charge in [0.2, 0.25) is 0 Å². The summed E-state index contributed by atoms with van der Waals surface area (Å²) in [6.07, 6.45) is 6.31. The third-order valence-corrected chi connectivity index (χ3v) is 10.5. The Morgan fingerprint density at radius 2 is 1.74 bits per heavy atom. The summed E-state index contributed by atoms with van der Waals surface area (Å²) in [5.74, 6) is 1.65. The number of hydrogen-bond donors (Lipinski definition) is 1. The third-order valence-electron chi connectivity index (χ3n) is 6.00. The molecule has 23 heavy (non-hydrogen) atoms. The molecule has 0 spiro atoms. The fourth-order valence-electron chi connectivity index (χ4n) is 3.62. The van der Waals surface area contributed by atoms with Crippen molar-refractivity contribution in [3.8, 4) is 0 Å². The van der Waals surface area contributed by atoms with Crippen molar-refractivity contribution in [3.63, 3.8) is 0 Å². The van der Waals surface area contributed by atoms with Crippen molar-refractivity contribution in [2.24, 2.45) is 11.8 Å². The predicted octanol–water partition coefficient (Wildman–Crippen LogP) is 5.20. The van der Waals surface area contributed by atoms with E-state index in [4.69, 9.17) is 10.2 Å².